The summed E-state index contributed by atoms with van der Waals surface area (Å²) in [5, 5.41) is 8.85. The number of hydrogen-bond acceptors (Lipinski definition) is 1. The van der Waals surface area contributed by atoms with Gasteiger partial charge in [0.2, 0.25) is 0 Å². The second kappa shape index (κ2) is 7.87. The predicted molar refractivity (Wildman–Crippen MR) is 35.2 cm³/mol. The molecule has 1 fully saturated rings. The van der Waals surface area contributed by atoms with Crippen LogP contribution in [0, 0.1) is 13.8 Å². The predicted octanol–water partition coefficient (Wildman–Crippen LogP) is -1.42. The van der Waals surface area contributed by atoms with Crippen LogP contribution >= 0.6 is 0 Å². The maximum atomic E-state index is 8.85. The molecular weight excluding hydrogens is 186 g/mol. The second-order valence-corrected chi connectivity index (χ2v) is 2.09. The van der Waals surface area contributed by atoms with E-state index < -0.39 is 0 Å². The molecule has 50 valence electrons. The molecule has 0 aromatic carbocycles. The molecule has 0 aromatic rings. The Hall–Kier alpha value is 1.77. The van der Waals surface area contributed by atoms with Crippen molar-refractivity contribution in [1.82, 2.24) is 0 Å². The summed E-state index contributed by atoms with van der Waals surface area (Å²) >= 11 is 0. The zero-order chi connectivity index (χ0) is 5.11. The van der Waals surface area contributed by atoms with E-state index in [-0.39, 0.29) is 71.7 Å². The van der Waals surface area contributed by atoms with Crippen molar-refractivity contribution in [2.45, 2.75) is 31.8 Å². The first-order valence-corrected chi connectivity index (χ1v) is 2.91. The summed E-state index contributed by atoms with van der Waals surface area (Å²) in [5.74, 6) is 0. The van der Waals surface area contributed by atoms with E-state index in [1.165, 1.54) is 12.8 Å². The molecule has 0 aliphatic heterocycles. The minimum absolute atomic E-state index is 0. The summed E-state index contributed by atoms with van der Waals surface area (Å²) in [4.78, 5) is 0. The molecule has 0 spiro atoms. The largest absolute Gasteiger partial charge is 1.00 e. The first-order valence-electron chi connectivity index (χ1n) is 2.91. The average Bonchev–Trinajstić information content (AvgIpc) is 1.69. The van der Waals surface area contributed by atoms with Crippen molar-refractivity contribution in [3.05, 3.63) is 13.8 Å². The minimum Gasteiger partial charge on any atom is -0.425 e. The first kappa shape index (κ1) is 13.4. The molecule has 0 aromatic heterocycles. The van der Waals surface area contributed by atoms with Gasteiger partial charge < -0.3 is 19.0 Å². The number of rotatable bonds is 0. The zero-order valence-electron chi connectivity index (χ0n) is 6.43. The Bertz CT molecular complexity index is 50.9. The fourth-order valence-corrected chi connectivity index (χ4v) is 0.926. The molecular formula is C7H14ORb-. The van der Waals surface area contributed by atoms with Crippen LogP contribution in [0.25, 0.3) is 0 Å². The van der Waals surface area contributed by atoms with Gasteiger partial charge in [0.25, 0.3) is 0 Å². The van der Waals surface area contributed by atoms with Gasteiger partial charge in [-0.2, -0.15) is 6.42 Å². The van der Waals surface area contributed by atoms with Gasteiger partial charge >= 0.3 is 58.2 Å². The van der Waals surface area contributed by atoms with E-state index in [9.17, 15) is 0 Å². The summed E-state index contributed by atoms with van der Waals surface area (Å²) in [5.41, 5.74) is 0. The van der Waals surface area contributed by atoms with Crippen LogP contribution in [0.2, 0.25) is 0 Å². The van der Waals surface area contributed by atoms with E-state index in [0.29, 0.717) is 0 Å². The second-order valence-electron chi connectivity index (χ2n) is 2.09. The Kier molecular flexibility index (Phi) is 11.7. The van der Waals surface area contributed by atoms with Crippen molar-refractivity contribution in [3.8, 4) is 0 Å². The Morgan fingerprint density at radius 2 is 2.00 bits per heavy atom. The fourth-order valence-electron chi connectivity index (χ4n) is 0.926. The molecule has 0 heterocycles. The average molecular weight is 200 g/mol. The number of hydrogen-bond donors (Lipinski definition) is 1. The topological polar surface area (TPSA) is 20.2 Å². The normalized spacial score (nSPS) is 25.7. The van der Waals surface area contributed by atoms with Crippen molar-refractivity contribution in [3.63, 3.8) is 0 Å². The van der Waals surface area contributed by atoms with Gasteiger partial charge in [-0.3, -0.25) is 0 Å². The first-order chi connectivity index (χ1) is 3.39. The molecule has 2 heteroatoms. The van der Waals surface area contributed by atoms with Gasteiger partial charge in [-0.25, -0.2) is 0 Å². The van der Waals surface area contributed by atoms with Gasteiger partial charge in [0.15, 0.2) is 0 Å². The van der Waals surface area contributed by atoms with Crippen LogP contribution < -0.4 is 58.2 Å². The minimum atomic E-state index is -0.0891. The molecule has 1 aliphatic rings. The summed E-state index contributed by atoms with van der Waals surface area (Å²) in [6.45, 7) is 0. The van der Waals surface area contributed by atoms with E-state index in [2.05, 4.69) is 0 Å². The van der Waals surface area contributed by atoms with Crippen molar-refractivity contribution in [2.75, 3.05) is 0 Å². The van der Waals surface area contributed by atoms with Crippen LogP contribution in [0.15, 0.2) is 0 Å². The zero-order valence-corrected chi connectivity index (χ0v) is 11.3. The maximum absolute atomic E-state index is 8.85. The van der Waals surface area contributed by atoms with Gasteiger partial charge in [-0.1, -0.05) is 25.4 Å². The molecule has 1 saturated carbocycles. The van der Waals surface area contributed by atoms with Crippen molar-refractivity contribution < 1.29 is 63.3 Å². The van der Waals surface area contributed by atoms with E-state index in [1.54, 1.807) is 0 Å². The van der Waals surface area contributed by atoms with Crippen molar-refractivity contribution in [2.24, 2.45) is 0 Å². The van der Waals surface area contributed by atoms with Gasteiger partial charge in [-0.05, 0) is 0 Å². The standard InChI is InChI=1S/C6H11O.CH3.Rb/c7-6-4-2-1-3-5-6;;/h4,6-7H,1-3,5H2;1H3;/q2*-1;+1. The molecule has 9 heavy (non-hydrogen) atoms. The summed E-state index contributed by atoms with van der Waals surface area (Å²) in [6.07, 6.45) is 6.48. The van der Waals surface area contributed by atoms with Crippen LogP contribution in [-0.4, -0.2) is 11.2 Å². The molecule has 0 amide bonds. The Morgan fingerprint density at radius 3 is 2.22 bits per heavy atom. The molecule has 0 bridgehead atoms. The number of aliphatic hydroxyl groups excluding tert-OH is 1. The smallest absolute Gasteiger partial charge is 0.425 e. The van der Waals surface area contributed by atoms with E-state index in [1.807, 2.05) is 6.42 Å². The van der Waals surface area contributed by atoms with Gasteiger partial charge in [0.05, 0.1) is 0 Å². The molecule has 0 saturated heterocycles. The van der Waals surface area contributed by atoms with Gasteiger partial charge in [-0.15, -0.1) is 0 Å². The van der Waals surface area contributed by atoms with Crippen LogP contribution in [0.4, 0.5) is 0 Å². The fraction of sp³-hybridized carbons (Fsp3) is 0.714. The Balaban J connectivity index is 0. The SMILES string of the molecule is OC1[CH-]CCCC1.[CH3-].[Rb+]. The van der Waals surface area contributed by atoms with E-state index >= 15 is 0 Å². The number of aliphatic hydroxyl groups is 1. The summed E-state index contributed by atoms with van der Waals surface area (Å²) < 4.78 is 0. The van der Waals surface area contributed by atoms with Crippen molar-refractivity contribution in [1.29, 1.82) is 0 Å². The van der Waals surface area contributed by atoms with Crippen LogP contribution in [0.1, 0.15) is 25.7 Å². The van der Waals surface area contributed by atoms with Crippen LogP contribution in [0.5, 0.6) is 0 Å². The quantitative estimate of drug-likeness (QED) is 0.475. The summed E-state index contributed by atoms with van der Waals surface area (Å²) in [6, 6.07) is 0. The van der Waals surface area contributed by atoms with E-state index in [0.717, 1.165) is 12.8 Å². The summed E-state index contributed by atoms with van der Waals surface area (Å²) in [7, 11) is 0. The Labute approximate surface area is 107 Å². The molecule has 1 N–H and O–H groups in total. The maximum Gasteiger partial charge on any atom is 1.00 e. The molecule has 1 aliphatic carbocycles. The molecule has 1 atom stereocenters. The monoisotopic (exact) mass is 199 g/mol. The van der Waals surface area contributed by atoms with E-state index in [4.69, 9.17) is 5.11 Å². The third-order valence-corrected chi connectivity index (χ3v) is 1.39. The third kappa shape index (κ3) is 6.17. The third-order valence-electron chi connectivity index (χ3n) is 1.39. The van der Waals surface area contributed by atoms with Crippen LogP contribution in [-0.2, 0) is 0 Å². The van der Waals surface area contributed by atoms with Gasteiger partial charge in [0.1, 0.15) is 0 Å². The van der Waals surface area contributed by atoms with Gasteiger partial charge in [0, 0.05) is 0 Å². The van der Waals surface area contributed by atoms with Crippen molar-refractivity contribution >= 4 is 0 Å². The van der Waals surface area contributed by atoms with Crippen LogP contribution in [0.3, 0.4) is 0 Å². The molecule has 0 radical (unpaired) electrons. The molecule has 1 rings (SSSR count). The molecule has 1 nitrogen and oxygen atoms in total. The Morgan fingerprint density at radius 1 is 1.33 bits per heavy atom. The molecule has 1 unspecified atom stereocenters.